The van der Waals surface area contributed by atoms with Crippen molar-refractivity contribution in [3.63, 3.8) is 0 Å². The van der Waals surface area contributed by atoms with E-state index in [9.17, 15) is 4.79 Å². The minimum Gasteiger partial charge on any atom is -0.468 e. The van der Waals surface area contributed by atoms with Crippen LogP contribution in [0.2, 0.25) is 0 Å². The number of nitrogens with zero attached hydrogens (tertiary/aromatic N) is 4. The Morgan fingerprint density at radius 3 is 2.43 bits per heavy atom. The lowest BCUT2D eigenvalue weighted by Crippen LogP contribution is -2.36. The van der Waals surface area contributed by atoms with Gasteiger partial charge >= 0.3 is 0 Å². The van der Waals surface area contributed by atoms with E-state index in [2.05, 4.69) is 54.1 Å². The Morgan fingerprint density at radius 1 is 1.07 bits per heavy atom. The number of rotatable bonds is 6. The Bertz CT molecular complexity index is 766. The summed E-state index contributed by atoms with van der Waals surface area (Å²) in [6, 6.07) is 10.5. The van der Waals surface area contributed by atoms with Gasteiger partial charge in [-0.15, -0.1) is 0 Å². The van der Waals surface area contributed by atoms with Crippen LogP contribution in [-0.2, 0) is 14.3 Å². The van der Waals surface area contributed by atoms with Crippen molar-refractivity contribution in [3.05, 3.63) is 36.5 Å². The maximum absolute atomic E-state index is 9.18. The average Bonchev–Trinajstić information content (AvgIpc) is 2.82. The van der Waals surface area contributed by atoms with E-state index in [1.54, 1.807) is 6.92 Å². The first kappa shape index (κ1) is 21.8. The monoisotopic (exact) mass is 415 g/mol. The van der Waals surface area contributed by atoms with Gasteiger partial charge in [0.15, 0.2) is 0 Å². The van der Waals surface area contributed by atoms with Gasteiger partial charge in [0.1, 0.15) is 5.82 Å². The molecule has 30 heavy (non-hydrogen) atoms. The number of hydrogen-bond acceptors (Lipinski definition) is 8. The smallest absolute Gasteiger partial charge is 0.293 e. The number of anilines is 4. The van der Waals surface area contributed by atoms with Crippen molar-refractivity contribution >= 4 is 29.6 Å². The molecule has 1 aromatic heterocycles. The maximum atomic E-state index is 9.18. The van der Waals surface area contributed by atoms with E-state index in [-0.39, 0.29) is 1.43 Å². The molecular formula is C22H33N5O3. The molecule has 8 heteroatoms. The lowest BCUT2D eigenvalue weighted by molar-refractivity contribution is -0.128. The fourth-order valence-electron chi connectivity index (χ4n) is 3.48. The predicted octanol–water partition coefficient (Wildman–Crippen LogP) is 3.47. The molecule has 0 radical (unpaired) electrons. The molecule has 1 aromatic carbocycles. The molecule has 2 aliphatic heterocycles. The van der Waals surface area contributed by atoms with Crippen LogP contribution in [0, 0.1) is 0 Å². The van der Waals surface area contributed by atoms with Crippen LogP contribution in [0.5, 0.6) is 0 Å². The van der Waals surface area contributed by atoms with E-state index < -0.39 is 0 Å². The zero-order valence-corrected chi connectivity index (χ0v) is 17.6. The molecule has 0 atom stereocenters. The van der Waals surface area contributed by atoms with Crippen LogP contribution >= 0.6 is 0 Å². The van der Waals surface area contributed by atoms with Gasteiger partial charge in [-0.2, -0.15) is 4.98 Å². The molecule has 0 amide bonds. The lowest BCUT2D eigenvalue weighted by Gasteiger charge is -2.29. The molecule has 8 nitrogen and oxygen atoms in total. The highest BCUT2D eigenvalue weighted by atomic mass is 16.5. The van der Waals surface area contributed by atoms with E-state index in [0.29, 0.717) is 19.0 Å². The quantitative estimate of drug-likeness (QED) is 0.719. The summed E-state index contributed by atoms with van der Waals surface area (Å²) in [5, 5.41) is 3.32. The molecule has 164 valence electrons. The van der Waals surface area contributed by atoms with Crippen molar-refractivity contribution < 1.29 is 15.7 Å². The summed E-state index contributed by atoms with van der Waals surface area (Å²) in [6.07, 6.45) is 5.65. The van der Waals surface area contributed by atoms with Gasteiger partial charge in [-0.3, -0.25) is 4.79 Å². The number of piperidine rings is 1. The van der Waals surface area contributed by atoms with Crippen LogP contribution in [0.3, 0.4) is 0 Å². The fraction of sp³-hybridized carbons (Fsp3) is 0.500. The SMILES string of the molecule is CCOC=O.[HH].c1cc(N2CCCCC2)nc(Nc2ccc(N3CCOCC3)cc2)n1. The van der Waals surface area contributed by atoms with Crippen molar-refractivity contribution in [1.29, 1.82) is 0 Å². The van der Waals surface area contributed by atoms with Gasteiger partial charge in [0, 0.05) is 45.2 Å². The van der Waals surface area contributed by atoms with Gasteiger partial charge in [-0.1, -0.05) is 0 Å². The number of ether oxygens (including phenoxy) is 2. The second-order valence-electron chi connectivity index (χ2n) is 7.11. The van der Waals surface area contributed by atoms with Crippen molar-refractivity contribution in [3.8, 4) is 0 Å². The zero-order chi connectivity index (χ0) is 21.0. The number of benzene rings is 1. The molecule has 3 heterocycles. The molecule has 2 aromatic rings. The average molecular weight is 416 g/mol. The van der Waals surface area contributed by atoms with Crippen LogP contribution in [0.1, 0.15) is 27.6 Å². The normalized spacial score (nSPS) is 16.3. The minimum absolute atomic E-state index is 0. The van der Waals surface area contributed by atoms with Crippen LogP contribution < -0.4 is 15.1 Å². The van der Waals surface area contributed by atoms with Crippen LogP contribution in [0.25, 0.3) is 0 Å². The highest BCUT2D eigenvalue weighted by Gasteiger charge is 2.13. The first-order valence-corrected chi connectivity index (χ1v) is 10.6. The second kappa shape index (κ2) is 12.0. The van der Waals surface area contributed by atoms with Crippen LogP contribution in [0.4, 0.5) is 23.1 Å². The molecule has 2 saturated heterocycles. The molecule has 1 N–H and O–H groups in total. The summed E-state index contributed by atoms with van der Waals surface area (Å²) in [6.45, 7) is 8.35. The number of hydrogen-bond donors (Lipinski definition) is 1. The number of morpholine rings is 1. The van der Waals surface area contributed by atoms with Crippen molar-refractivity contribution in [2.45, 2.75) is 26.2 Å². The van der Waals surface area contributed by atoms with Gasteiger partial charge in [0.05, 0.1) is 19.8 Å². The van der Waals surface area contributed by atoms with E-state index in [0.717, 1.165) is 50.9 Å². The van der Waals surface area contributed by atoms with Gasteiger partial charge in [0.25, 0.3) is 6.47 Å². The summed E-state index contributed by atoms with van der Waals surface area (Å²) in [5.41, 5.74) is 2.24. The Balaban J connectivity index is 0.000000514. The molecule has 0 aliphatic carbocycles. The highest BCUT2D eigenvalue weighted by Crippen LogP contribution is 2.22. The largest absolute Gasteiger partial charge is 0.468 e. The van der Waals surface area contributed by atoms with Gasteiger partial charge < -0.3 is 24.6 Å². The summed E-state index contributed by atoms with van der Waals surface area (Å²) < 4.78 is 9.56. The maximum Gasteiger partial charge on any atom is 0.293 e. The van der Waals surface area contributed by atoms with Gasteiger partial charge in [0.2, 0.25) is 5.95 Å². The van der Waals surface area contributed by atoms with E-state index in [1.807, 2.05) is 12.3 Å². The zero-order valence-electron chi connectivity index (χ0n) is 17.6. The molecule has 2 fully saturated rings. The topological polar surface area (TPSA) is 79.8 Å². The van der Waals surface area contributed by atoms with Crippen molar-refractivity contribution in [2.24, 2.45) is 0 Å². The number of carbonyl (C=O) groups is 1. The predicted molar refractivity (Wildman–Crippen MR) is 121 cm³/mol. The molecule has 0 spiro atoms. The minimum atomic E-state index is 0. The Morgan fingerprint density at radius 2 is 1.80 bits per heavy atom. The summed E-state index contributed by atoms with van der Waals surface area (Å²) in [4.78, 5) is 22.9. The van der Waals surface area contributed by atoms with Crippen molar-refractivity contribution in [1.82, 2.24) is 9.97 Å². The third-order valence-corrected chi connectivity index (χ3v) is 5.06. The third-order valence-electron chi connectivity index (χ3n) is 5.06. The number of aromatic nitrogens is 2. The van der Waals surface area contributed by atoms with Crippen LogP contribution in [-0.4, -0.2) is 62.4 Å². The van der Waals surface area contributed by atoms with Crippen molar-refractivity contribution in [2.75, 3.05) is 61.1 Å². The third kappa shape index (κ3) is 6.59. The molecule has 0 saturated carbocycles. The standard InChI is InChI=1S/C19H25N5O.C3H6O2.H2/c1-2-10-24(11-3-1)18-8-9-20-19(22-18)21-16-4-6-17(7-5-16)23-12-14-25-15-13-23;1-2-5-3-4;/h4-9H,1-3,10-15H2,(H,20,21,22);3H,2H2,1H3;1H. The number of carbonyl (C=O) groups excluding carboxylic acids is 1. The summed E-state index contributed by atoms with van der Waals surface area (Å²) in [5.74, 6) is 1.67. The van der Waals surface area contributed by atoms with E-state index in [4.69, 9.17) is 4.74 Å². The summed E-state index contributed by atoms with van der Waals surface area (Å²) in [7, 11) is 0. The fourth-order valence-corrected chi connectivity index (χ4v) is 3.48. The Hall–Kier alpha value is -2.87. The molecule has 4 rings (SSSR count). The van der Waals surface area contributed by atoms with E-state index in [1.165, 1.54) is 24.9 Å². The highest BCUT2D eigenvalue weighted by molar-refractivity contribution is 5.60. The lowest BCUT2D eigenvalue weighted by atomic mass is 10.1. The first-order valence-electron chi connectivity index (χ1n) is 10.6. The Labute approximate surface area is 179 Å². The van der Waals surface area contributed by atoms with Gasteiger partial charge in [-0.25, -0.2) is 4.98 Å². The van der Waals surface area contributed by atoms with Crippen LogP contribution in [0.15, 0.2) is 36.5 Å². The molecule has 0 bridgehead atoms. The number of nitrogens with one attached hydrogen (secondary N) is 1. The Kier molecular flexibility index (Phi) is 8.71. The second-order valence-corrected chi connectivity index (χ2v) is 7.11. The molecular weight excluding hydrogens is 382 g/mol. The van der Waals surface area contributed by atoms with Gasteiger partial charge in [-0.05, 0) is 56.5 Å². The van der Waals surface area contributed by atoms with E-state index >= 15 is 0 Å². The summed E-state index contributed by atoms with van der Waals surface area (Å²) >= 11 is 0. The molecule has 2 aliphatic rings. The molecule has 0 unspecified atom stereocenters. The first-order chi connectivity index (χ1) is 14.8.